The Kier molecular flexibility index (Phi) is 7.86. The van der Waals surface area contributed by atoms with Crippen molar-refractivity contribution in [1.29, 1.82) is 0 Å². The van der Waals surface area contributed by atoms with Crippen molar-refractivity contribution >= 4 is 21.7 Å². The number of ether oxygens (including phenoxy) is 1. The second-order valence-electron chi connectivity index (χ2n) is 12.3. The Labute approximate surface area is 268 Å². The molecule has 2 fully saturated rings. The number of hydrogen-bond donors (Lipinski definition) is 0. The quantitative estimate of drug-likeness (QED) is 0.199. The molecule has 2 aromatic carbocycles. The van der Waals surface area contributed by atoms with E-state index in [2.05, 4.69) is 31.9 Å². The summed E-state index contributed by atoms with van der Waals surface area (Å²) in [4.78, 5) is 17.8. The molecule has 0 spiro atoms. The Morgan fingerprint density at radius 1 is 0.957 bits per heavy atom. The van der Waals surface area contributed by atoms with Crippen molar-refractivity contribution in [2.75, 3.05) is 37.3 Å². The van der Waals surface area contributed by atoms with Crippen LogP contribution >= 0.6 is 0 Å². The van der Waals surface area contributed by atoms with Crippen molar-refractivity contribution in [1.82, 2.24) is 23.6 Å². The number of imidazole rings is 1. The molecule has 1 unspecified atom stereocenters. The maximum Gasteiger partial charge on any atom is 0.491 e. The third-order valence-electron chi connectivity index (χ3n) is 9.50. The Hall–Kier alpha value is -4.24. The van der Waals surface area contributed by atoms with Gasteiger partial charge in [-0.2, -0.15) is 18.3 Å². The summed E-state index contributed by atoms with van der Waals surface area (Å²) in [5.74, 6) is -3.36. The molecule has 3 aliphatic rings. The van der Waals surface area contributed by atoms with Crippen LogP contribution in [-0.4, -0.2) is 76.6 Å². The number of halogens is 4. The molecule has 0 amide bonds. The first-order valence-corrected chi connectivity index (χ1v) is 17.2. The topological polar surface area (TPSA) is 103 Å². The van der Waals surface area contributed by atoms with Crippen LogP contribution in [0.2, 0.25) is 0 Å². The largest absolute Gasteiger partial charge is 0.491 e. The van der Waals surface area contributed by atoms with Crippen LogP contribution in [0.4, 0.5) is 23.2 Å². The van der Waals surface area contributed by atoms with Gasteiger partial charge in [-0.05, 0) is 55.4 Å². The van der Waals surface area contributed by atoms with E-state index in [0.29, 0.717) is 63.0 Å². The van der Waals surface area contributed by atoms with Crippen LogP contribution in [0, 0.1) is 11.7 Å². The van der Waals surface area contributed by atoms with Crippen molar-refractivity contribution in [3.63, 3.8) is 0 Å². The maximum absolute atomic E-state index is 15.2. The average molecular weight is 673 g/mol. The summed E-state index contributed by atoms with van der Waals surface area (Å²) in [6.07, 6.45) is 3.99. The monoisotopic (exact) mass is 672 g/mol. The molecular weight excluding hydrogens is 640 g/mol. The Bertz CT molecular complexity index is 1910. The van der Waals surface area contributed by atoms with E-state index in [-0.39, 0.29) is 17.7 Å². The average Bonchev–Trinajstić information content (AvgIpc) is 3.77. The summed E-state index contributed by atoms with van der Waals surface area (Å²) in [5.41, 5.74) is 3.94. The normalized spacial score (nSPS) is 19.5. The van der Waals surface area contributed by atoms with Crippen molar-refractivity contribution in [2.45, 2.75) is 43.9 Å². The first-order chi connectivity index (χ1) is 22.4. The molecule has 1 atom stereocenters. The van der Waals surface area contributed by atoms with E-state index >= 15 is 4.39 Å². The van der Waals surface area contributed by atoms with Crippen LogP contribution in [-0.2, 0) is 14.8 Å². The predicted molar refractivity (Wildman–Crippen MR) is 165 cm³/mol. The minimum atomic E-state index is -5.19. The standard InChI is InChI=1S/C32H32F4N6O4S/c1-47(44,45)40-15-11-24(12-16-40)42-18-22(17-38-42)20-5-7-23(8-6-20)39-13-9-21(10-14-39)28-27-25(3-2-4-26(27)33)29-30(37-19-41(28)29)46-31(43)32(34,35)36/h2-8,17-19,21,24,28H,9-16H2,1H3. The van der Waals surface area contributed by atoms with Gasteiger partial charge in [0.25, 0.3) is 0 Å². The van der Waals surface area contributed by atoms with Crippen LogP contribution in [0.25, 0.3) is 22.4 Å². The van der Waals surface area contributed by atoms with Crippen LogP contribution in [0.5, 0.6) is 5.88 Å². The third-order valence-corrected chi connectivity index (χ3v) is 10.8. The number of benzene rings is 2. The van der Waals surface area contributed by atoms with Gasteiger partial charge >= 0.3 is 12.1 Å². The highest BCUT2D eigenvalue weighted by Gasteiger charge is 2.45. The summed E-state index contributed by atoms with van der Waals surface area (Å²) in [6, 6.07) is 12.3. The summed E-state index contributed by atoms with van der Waals surface area (Å²) in [5, 5.41) is 4.56. The van der Waals surface area contributed by atoms with E-state index in [1.165, 1.54) is 29.0 Å². The Morgan fingerprint density at radius 3 is 2.32 bits per heavy atom. The fourth-order valence-electron chi connectivity index (χ4n) is 7.14. The number of sulfonamides is 1. The Morgan fingerprint density at radius 2 is 1.66 bits per heavy atom. The van der Waals surface area contributed by atoms with Crippen molar-refractivity contribution in [3.05, 3.63) is 72.6 Å². The van der Waals surface area contributed by atoms with E-state index in [1.54, 1.807) is 10.6 Å². The van der Waals surface area contributed by atoms with Gasteiger partial charge < -0.3 is 14.2 Å². The lowest BCUT2D eigenvalue weighted by molar-refractivity contribution is -0.189. The fraction of sp³-hybridized carbons (Fsp3) is 0.406. The number of carbonyl (C=O) groups excluding carboxylic acids is 1. The lowest BCUT2D eigenvalue weighted by Crippen LogP contribution is -2.38. The van der Waals surface area contributed by atoms with Gasteiger partial charge in [-0.15, -0.1) is 0 Å². The minimum Gasteiger partial charge on any atom is -0.398 e. The molecule has 2 saturated heterocycles. The number of piperidine rings is 2. The minimum absolute atomic E-state index is 0.0297. The van der Waals surface area contributed by atoms with Gasteiger partial charge in [-0.25, -0.2) is 26.9 Å². The second kappa shape index (κ2) is 11.8. The molecule has 0 aliphatic carbocycles. The maximum atomic E-state index is 15.2. The highest BCUT2D eigenvalue weighted by molar-refractivity contribution is 7.88. The molecule has 15 heteroatoms. The number of anilines is 1. The molecule has 0 bridgehead atoms. The molecule has 0 N–H and O–H groups in total. The molecule has 2 aromatic heterocycles. The zero-order valence-corrected chi connectivity index (χ0v) is 26.2. The molecule has 7 rings (SSSR count). The number of aromatic nitrogens is 4. The first kappa shape index (κ1) is 31.4. The number of hydrogen-bond acceptors (Lipinski definition) is 7. The molecule has 3 aliphatic heterocycles. The number of carbonyl (C=O) groups is 1. The van der Waals surface area contributed by atoms with Gasteiger partial charge in [0.1, 0.15) is 11.5 Å². The number of alkyl halides is 3. The molecule has 5 heterocycles. The Balaban J connectivity index is 1.02. The lowest BCUT2D eigenvalue weighted by Gasteiger charge is -2.37. The predicted octanol–water partition coefficient (Wildman–Crippen LogP) is 5.44. The van der Waals surface area contributed by atoms with Crippen LogP contribution < -0.4 is 9.64 Å². The summed E-state index contributed by atoms with van der Waals surface area (Å²) >= 11 is 0. The first-order valence-electron chi connectivity index (χ1n) is 15.4. The van der Waals surface area contributed by atoms with E-state index in [4.69, 9.17) is 0 Å². The van der Waals surface area contributed by atoms with Crippen molar-refractivity contribution < 1.29 is 35.5 Å². The van der Waals surface area contributed by atoms with Crippen molar-refractivity contribution in [2.24, 2.45) is 5.92 Å². The van der Waals surface area contributed by atoms with Crippen LogP contribution in [0.3, 0.4) is 0 Å². The van der Waals surface area contributed by atoms with Gasteiger partial charge in [0.2, 0.25) is 15.9 Å². The molecule has 0 radical (unpaired) electrons. The van der Waals surface area contributed by atoms with Gasteiger partial charge in [0.05, 0.1) is 30.9 Å². The number of rotatable bonds is 6. The molecular formula is C32H32F4N6O4S. The fourth-order valence-corrected chi connectivity index (χ4v) is 8.01. The number of esters is 1. The molecule has 47 heavy (non-hydrogen) atoms. The highest BCUT2D eigenvalue weighted by atomic mass is 32.2. The van der Waals surface area contributed by atoms with Crippen LogP contribution in [0.15, 0.2) is 61.2 Å². The zero-order valence-electron chi connectivity index (χ0n) is 25.4. The van der Waals surface area contributed by atoms with Gasteiger partial charge in [0, 0.05) is 54.8 Å². The van der Waals surface area contributed by atoms with Gasteiger partial charge in [-0.1, -0.05) is 24.3 Å². The van der Waals surface area contributed by atoms with Gasteiger partial charge in [-0.3, -0.25) is 4.68 Å². The van der Waals surface area contributed by atoms with Crippen LogP contribution in [0.1, 0.15) is 43.3 Å². The second-order valence-corrected chi connectivity index (χ2v) is 14.3. The molecule has 4 aromatic rings. The van der Waals surface area contributed by atoms with Crippen molar-refractivity contribution in [3.8, 4) is 28.3 Å². The number of fused-ring (bicyclic) bond motifs is 3. The SMILES string of the molecule is CS(=O)(=O)N1CCC(n2cc(-c3ccc(N4CCC(C5c6c(F)cccc6-c6c(OC(=O)C(F)(F)F)ncn65)CC4)cc3)cn2)CC1. The smallest absolute Gasteiger partial charge is 0.398 e. The summed E-state index contributed by atoms with van der Waals surface area (Å²) in [7, 11) is -3.19. The molecule has 10 nitrogen and oxygen atoms in total. The zero-order chi connectivity index (χ0) is 33.1. The lowest BCUT2D eigenvalue weighted by atomic mass is 9.85. The van der Waals surface area contributed by atoms with E-state index in [0.717, 1.165) is 16.8 Å². The van der Waals surface area contributed by atoms with E-state index in [1.807, 2.05) is 29.2 Å². The van der Waals surface area contributed by atoms with Gasteiger partial charge in [0.15, 0.2) is 0 Å². The number of nitrogens with zero attached hydrogens (tertiary/aromatic N) is 6. The highest BCUT2D eigenvalue weighted by Crippen LogP contribution is 2.50. The van der Waals surface area contributed by atoms with E-state index in [9.17, 15) is 26.4 Å². The molecule has 0 saturated carbocycles. The summed E-state index contributed by atoms with van der Waals surface area (Å²) < 4.78 is 87.4. The molecule has 248 valence electrons. The summed E-state index contributed by atoms with van der Waals surface area (Å²) in [6.45, 7) is 2.34. The van der Waals surface area contributed by atoms with E-state index < -0.39 is 39.9 Å². The third kappa shape index (κ3) is 5.90.